The van der Waals surface area contributed by atoms with Crippen LogP contribution in [0.15, 0.2) is 77.0 Å². The molecule has 0 unspecified atom stereocenters. The molecular weight excluding hydrogens is 384 g/mol. The van der Waals surface area contributed by atoms with Gasteiger partial charge >= 0.3 is 0 Å². The fraction of sp³-hybridized carbons (Fsp3) is 0.261. The van der Waals surface area contributed by atoms with Gasteiger partial charge in [0.25, 0.3) is 5.91 Å². The van der Waals surface area contributed by atoms with Crippen LogP contribution in [0.2, 0.25) is 0 Å². The van der Waals surface area contributed by atoms with E-state index in [0.717, 1.165) is 18.7 Å². The van der Waals surface area contributed by atoms with Gasteiger partial charge in [0.15, 0.2) is 6.54 Å². The fourth-order valence-electron chi connectivity index (χ4n) is 3.62. The highest BCUT2D eigenvalue weighted by molar-refractivity contribution is 8.00. The molecule has 0 saturated heterocycles. The molecule has 0 spiro atoms. The van der Waals surface area contributed by atoms with E-state index in [2.05, 4.69) is 72.2 Å². The number of hydrogen-bond acceptors (Lipinski definition) is 3. The molecule has 0 fully saturated rings. The number of thiophene rings is 1. The highest BCUT2D eigenvalue weighted by atomic mass is 32.2. The molecule has 2 atom stereocenters. The minimum Gasteiger partial charge on any atom is -0.328 e. The molecule has 4 rings (SSSR count). The van der Waals surface area contributed by atoms with Crippen LogP contribution < -0.4 is 10.2 Å². The average Bonchev–Trinajstić information content (AvgIpc) is 3.18. The lowest BCUT2D eigenvalue weighted by molar-refractivity contribution is -0.676. The van der Waals surface area contributed by atoms with Crippen molar-refractivity contribution in [2.24, 2.45) is 0 Å². The number of carbonyl (C=O) groups is 1. The highest BCUT2D eigenvalue weighted by Crippen LogP contribution is 2.37. The number of carbonyl (C=O) groups excluding carboxylic acids is 1. The third-order valence-corrected chi connectivity index (χ3v) is 7.27. The zero-order valence-corrected chi connectivity index (χ0v) is 17.6. The molecule has 5 heteroatoms. The van der Waals surface area contributed by atoms with Crippen molar-refractivity contribution < 1.29 is 10.1 Å². The number of fused-ring (bicyclic) bond motifs is 1. The molecule has 3 aromatic rings. The van der Waals surface area contributed by atoms with Crippen molar-refractivity contribution >= 4 is 34.7 Å². The second-order valence-electron chi connectivity index (χ2n) is 7.07. The van der Waals surface area contributed by atoms with Gasteiger partial charge in [0, 0.05) is 22.3 Å². The maximum Gasteiger partial charge on any atom is 0.282 e. The Balaban J connectivity index is 1.53. The standard InChI is InChI=1S/C23H24N2OS2/c1-17-13-14-25(19-10-5-6-11-20(19)28-17)22(26)16-24-23(21-12-7-15-27-21)18-8-3-2-4-9-18/h2-12,15,17,23-24H,13-14,16H2,1H3/p+1/t17-,23-/m1/s1. The molecule has 144 valence electrons. The van der Waals surface area contributed by atoms with Gasteiger partial charge in [-0.05, 0) is 30.0 Å². The fourth-order valence-corrected chi connectivity index (χ4v) is 5.58. The maximum absolute atomic E-state index is 13.2. The molecule has 0 aliphatic carbocycles. The van der Waals surface area contributed by atoms with E-state index in [0.29, 0.717) is 11.8 Å². The Labute approximate surface area is 174 Å². The molecule has 0 bridgehead atoms. The monoisotopic (exact) mass is 409 g/mol. The van der Waals surface area contributed by atoms with Gasteiger partial charge in [-0.3, -0.25) is 4.79 Å². The van der Waals surface area contributed by atoms with Crippen LogP contribution in [0.1, 0.15) is 29.8 Å². The summed E-state index contributed by atoms with van der Waals surface area (Å²) in [5, 5.41) is 4.80. The zero-order valence-electron chi connectivity index (χ0n) is 16.0. The van der Waals surface area contributed by atoms with Crippen LogP contribution in [0.5, 0.6) is 0 Å². The lowest BCUT2D eigenvalue weighted by Crippen LogP contribution is -2.87. The van der Waals surface area contributed by atoms with Crippen molar-refractivity contribution in [3.63, 3.8) is 0 Å². The van der Waals surface area contributed by atoms with Crippen molar-refractivity contribution in [2.75, 3.05) is 18.0 Å². The highest BCUT2D eigenvalue weighted by Gasteiger charge is 2.27. The Morgan fingerprint density at radius 3 is 2.68 bits per heavy atom. The van der Waals surface area contributed by atoms with Gasteiger partial charge < -0.3 is 10.2 Å². The summed E-state index contributed by atoms with van der Waals surface area (Å²) in [7, 11) is 0. The van der Waals surface area contributed by atoms with Gasteiger partial charge in [-0.15, -0.1) is 23.1 Å². The third-order valence-electron chi connectivity index (χ3n) is 5.08. The molecule has 1 aliphatic rings. The predicted octanol–water partition coefficient (Wildman–Crippen LogP) is 4.32. The van der Waals surface area contributed by atoms with Gasteiger partial charge in [0.05, 0.1) is 10.6 Å². The predicted molar refractivity (Wildman–Crippen MR) is 118 cm³/mol. The molecule has 3 nitrogen and oxygen atoms in total. The molecule has 0 saturated carbocycles. The van der Waals surface area contributed by atoms with Gasteiger partial charge in [0.2, 0.25) is 0 Å². The Morgan fingerprint density at radius 1 is 1.11 bits per heavy atom. The number of anilines is 1. The first kappa shape index (κ1) is 19.2. The van der Waals surface area contributed by atoms with E-state index < -0.39 is 0 Å². The first-order valence-electron chi connectivity index (χ1n) is 9.70. The number of thioether (sulfide) groups is 1. The van der Waals surface area contributed by atoms with Crippen LogP contribution in [0.4, 0.5) is 5.69 Å². The van der Waals surface area contributed by atoms with Crippen LogP contribution >= 0.6 is 23.1 Å². The van der Waals surface area contributed by atoms with E-state index >= 15 is 0 Å². The molecule has 2 heterocycles. The molecular formula is C23H25N2OS2+. The summed E-state index contributed by atoms with van der Waals surface area (Å²) in [4.78, 5) is 17.7. The number of nitrogens with two attached hydrogens (primary N) is 1. The van der Waals surface area contributed by atoms with Crippen LogP contribution in [0, 0.1) is 0 Å². The number of quaternary nitrogens is 1. The average molecular weight is 410 g/mol. The van der Waals surface area contributed by atoms with Gasteiger partial charge in [-0.25, -0.2) is 0 Å². The number of hydrogen-bond donors (Lipinski definition) is 1. The van der Waals surface area contributed by atoms with Crippen molar-refractivity contribution in [3.8, 4) is 0 Å². The second-order valence-corrected chi connectivity index (χ2v) is 9.53. The van der Waals surface area contributed by atoms with E-state index in [1.54, 1.807) is 11.3 Å². The molecule has 1 amide bonds. The summed E-state index contributed by atoms with van der Waals surface area (Å²) in [5.41, 5.74) is 2.29. The van der Waals surface area contributed by atoms with Crippen molar-refractivity contribution in [3.05, 3.63) is 82.6 Å². The van der Waals surface area contributed by atoms with Crippen LogP contribution in [0.3, 0.4) is 0 Å². The van der Waals surface area contributed by atoms with Crippen LogP contribution in [-0.2, 0) is 4.79 Å². The summed E-state index contributed by atoms with van der Waals surface area (Å²) in [6.07, 6.45) is 1.01. The molecule has 0 radical (unpaired) electrons. The topological polar surface area (TPSA) is 36.9 Å². The first-order chi connectivity index (χ1) is 13.7. The molecule has 28 heavy (non-hydrogen) atoms. The van der Waals surface area contributed by atoms with Crippen molar-refractivity contribution in [2.45, 2.75) is 29.5 Å². The quantitative estimate of drug-likeness (QED) is 0.681. The minimum atomic E-state index is 0.153. The van der Waals surface area contributed by atoms with E-state index in [9.17, 15) is 4.79 Å². The minimum absolute atomic E-state index is 0.153. The third kappa shape index (κ3) is 4.32. The summed E-state index contributed by atoms with van der Waals surface area (Å²) in [5.74, 6) is 0.180. The Morgan fingerprint density at radius 2 is 1.89 bits per heavy atom. The summed E-state index contributed by atoms with van der Waals surface area (Å²) < 4.78 is 0. The van der Waals surface area contributed by atoms with E-state index in [-0.39, 0.29) is 11.9 Å². The molecule has 1 aliphatic heterocycles. The summed E-state index contributed by atoms with van der Waals surface area (Å²) in [6.45, 7) is 3.46. The Hall–Kier alpha value is -2.08. The van der Waals surface area contributed by atoms with Crippen molar-refractivity contribution in [1.82, 2.24) is 0 Å². The largest absolute Gasteiger partial charge is 0.328 e. The number of benzene rings is 2. The Bertz CT molecular complexity index is 911. The number of rotatable bonds is 5. The van der Waals surface area contributed by atoms with E-state index in [4.69, 9.17) is 0 Å². The number of nitrogens with zero attached hydrogens (tertiary/aromatic N) is 1. The normalized spacial score (nSPS) is 17.6. The van der Waals surface area contributed by atoms with Crippen LogP contribution in [-0.4, -0.2) is 24.2 Å². The maximum atomic E-state index is 13.2. The van der Waals surface area contributed by atoms with Crippen molar-refractivity contribution in [1.29, 1.82) is 0 Å². The van der Waals surface area contributed by atoms with E-state index in [1.807, 2.05) is 28.8 Å². The van der Waals surface area contributed by atoms with Gasteiger partial charge in [-0.1, -0.05) is 55.5 Å². The number of para-hydroxylation sites is 1. The molecule has 2 N–H and O–H groups in total. The smallest absolute Gasteiger partial charge is 0.282 e. The van der Waals surface area contributed by atoms with Gasteiger partial charge in [-0.2, -0.15) is 0 Å². The summed E-state index contributed by atoms with van der Waals surface area (Å²) >= 11 is 3.62. The SMILES string of the molecule is C[C@@H]1CCN(C(=O)C[NH2+][C@H](c2ccccc2)c2cccs2)c2ccccc2S1. The lowest BCUT2D eigenvalue weighted by Gasteiger charge is -2.23. The van der Waals surface area contributed by atoms with Gasteiger partial charge in [0.1, 0.15) is 6.04 Å². The number of amides is 1. The summed E-state index contributed by atoms with van der Waals surface area (Å²) in [6, 6.07) is 23.1. The first-order valence-corrected chi connectivity index (χ1v) is 11.5. The zero-order chi connectivity index (χ0) is 19.3. The van der Waals surface area contributed by atoms with E-state index in [1.165, 1.54) is 15.3 Å². The van der Waals surface area contributed by atoms with Crippen LogP contribution in [0.25, 0.3) is 0 Å². The Kier molecular flexibility index (Phi) is 6.15. The lowest BCUT2D eigenvalue weighted by atomic mass is 10.1. The molecule has 2 aromatic carbocycles. The molecule has 1 aromatic heterocycles. The second kappa shape index (κ2) is 8.95.